The molecule has 1 rings (SSSR count). The fraction of sp³-hybridized carbons (Fsp3) is 0.667. The third-order valence-corrected chi connectivity index (χ3v) is 2.52. The minimum atomic E-state index is -0.404. The number of hydrogen-bond acceptors (Lipinski definition) is 4. The lowest BCUT2D eigenvalue weighted by Gasteiger charge is -2.17. The van der Waals surface area contributed by atoms with Crippen molar-refractivity contribution in [1.29, 1.82) is 0 Å². The summed E-state index contributed by atoms with van der Waals surface area (Å²) in [6, 6.07) is 1.82. The molecule has 1 aromatic rings. The molecule has 0 amide bonds. The van der Waals surface area contributed by atoms with E-state index < -0.39 is 6.10 Å². The molecule has 2 unspecified atom stereocenters. The fourth-order valence-electron chi connectivity index (χ4n) is 1.64. The van der Waals surface area contributed by atoms with E-state index in [1.54, 1.807) is 6.92 Å². The van der Waals surface area contributed by atoms with Crippen LogP contribution in [0.2, 0.25) is 0 Å². The Balaban J connectivity index is 2.79. The number of aromatic nitrogens is 2. The van der Waals surface area contributed by atoms with Crippen molar-refractivity contribution in [2.24, 2.45) is 0 Å². The van der Waals surface area contributed by atoms with E-state index in [-0.39, 0.29) is 5.92 Å². The van der Waals surface area contributed by atoms with Gasteiger partial charge in [0.1, 0.15) is 6.33 Å². The first-order valence-electron chi connectivity index (χ1n) is 5.81. The lowest BCUT2D eigenvalue weighted by molar-refractivity contribution is 0.157. The summed E-state index contributed by atoms with van der Waals surface area (Å²) in [6.07, 6.45) is 2.89. The Hall–Kier alpha value is -1.16. The Morgan fingerprint density at radius 2 is 2.12 bits per heavy atom. The van der Waals surface area contributed by atoms with Crippen molar-refractivity contribution in [3.8, 4) is 5.88 Å². The standard InChI is InChI=1S/C12H20N2O2/c1-4-6-16-12-7-11(13-8-14-12)10(5-2)9(3)15/h7-10,15H,4-6H2,1-3H3. The van der Waals surface area contributed by atoms with Crippen molar-refractivity contribution in [1.82, 2.24) is 9.97 Å². The SMILES string of the molecule is CCCOc1cc(C(CC)C(C)O)ncn1. The Morgan fingerprint density at radius 1 is 1.38 bits per heavy atom. The van der Waals surface area contributed by atoms with Gasteiger partial charge in [0.2, 0.25) is 5.88 Å². The molecule has 1 heterocycles. The van der Waals surface area contributed by atoms with Crippen LogP contribution in [0.5, 0.6) is 5.88 Å². The molecule has 0 aliphatic rings. The van der Waals surface area contributed by atoms with E-state index >= 15 is 0 Å². The average Bonchev–Trinajstić information content (AvgIpc) is 2.27. The molecule has 1 aromatic heterocycles. The molecule has 0 spiro atoms. The molecule has 0 aliphatic carbocycles. The van der Waals surface area contributed by atoms with Crippen LogP contribution in [0.1, 0.15) is 45.2 Å². The van der Waals surface area contributed by atoms with Crippen molar-refractivity contribution in [3.05, 3.63) is 18.1 Å². The van der Waals surface area contributed by atoms with E-state index in [1.165, 1.54) is 6.33 Å². The monoisotopic (exact) mass is 224 g/mol. The van der Waals surface area contributed by atoms with Gasteiger partial charge in [-0.15, -0.1) is 0 Å². The molecule has 0 aliphatic heterocycles. The van der Waals surface area contributed by atoms with Crippen LogP contribution in [0.25, 0.3) is 0 Å². The zero-order chi connectivity index (χ0) is 12.0. The van der Waals surface area contributed by atoms with Gasteiger partial charge in [-0.1, -0.05) is 13.8 Å². The Kier molecular flexibility index (Phi) is 5.19. The number of aliphatic hydroxyl groups is 1. The zero-order valence-corrected chi connectivity index (χ0v) is 10.2. The molecule has 4 nitrogen and oxygen atoms in total. The van der Waals surface area contributed by atoms with Crippen molar-refractivity contribution < 1.29 is 9.84 Å². The van der Waals surface area contributed by atoms with Crippen LogP contribution < -0.4 is 4.74 Å². The second kappa shape index (κ2) is 6.43. The van der Waals surface area contributed by atoms with E-state index in [1.807, 2.05) is 19.9 Å². The van der Waals surface area contributed by atoms with Gasteiger partial charge in [0.15, 0.2) is 0 Å². The average molecular weight is 224 g/mol. The minimum absolute atomic E-state index is 0.0481. The topological polar surface area (TPSA) is 55.2 Å². The van der Waals surface area contributed by atoms with Crippen molar-refractivity contribution in [2.75, 3.05) is 6.61 Å². The maximum absolute atomic E-state index is 9.63. The highest BCUT2D eigenvalue weighted by molar-refractivity contribution is 5.17. The summed E-state index contributed by atoms with van der Waals surface area (Å²) in [5.41, 5.74) is 0.846. The summed E-state index contributed by atoms with van der Waals surface area (Å²) in [4.78, 5) is 8.23. The highest BCUT2D eigenvalue weighted by Gasteiger charge is 2.17. The third-order valence-electron chi connectivity index (χ3n) is 2.52. The van der Waals surface area contributed by atoms with E-state index in [4.69, 9.17) is 4.74 Å². The highest BCUT2D eigenvalue weighted by atomic mass is 16.5. The van der Waals surface area contributed by atoms with Crippen LogP contribution in [0.4, 0.5) is 0 Å². The molecular formula is C12H20N2O2. The normalized spacial score (nSPS) is 14.5. The van der Waals surface area contributed by atoms with Crippen molar-refractivity contribution >= 4 is 0 Å². The molecule has 90 valence electrons. The van der Waals surface area contributed by atoms with Gasteiger partial charge in [0.05, 0.1) is 18.4 Å². The Morgan fingerprint density at radius 3 is 2.69 bits per heavy atom. The summed E-state index contributed by atoms with van der Waals surface area (Å²) in [5, 5.41) is 9.63. The smallest absolute Gasteiger partial charge is 0.216 e. The summed E-state index contributed by atoms with van der Waals surface area (Å²) in [5.74, 6) is 0.637. The molecule has 0 fully saturated rings. The Labute approximate surface area is 96.7 Å². The third kappa shape index (κ3) is 3.45. The largest absolute Gasteiger partial charge is 0.478 e. The summed E-state index contributed by atoms with van der Waals surface area (Å²) < 4.78 is 5.44. The highest BCUT2D eigenvalue weighted by Crippen LogP contribution is 2.23. The van der Waals surface area contributed by atoms with Crippen LogP contribution in [0, 0.1) is 0 Å². The predicted molar refractivity (Wildman–Crippen MR) is 62.5 cm³/mol. The van der Waals surface area contributed by atoms with Crippen molar-refractivity contribution in [3.63, 3.8) is 0 Å². The van der Waals surface area contributed by atoms with Gasteiger partial charge < -0.3 is 9.84 Å². The lowest BCUT2D eigenvalue weighted by atomic mass is 9.97. The van der Waals surface area contributed by atoms with Gasteiger partial charge in [-0.05, 0) is 19.8 Å². The molecule has 16 heavy (non-hydrogen) atoms. The van der Waals surface area contributed by atoms with Gasteiger partial charge in [-0.25, -0.2) is 9.97 Å². The van der Waals surface area contributed by atoms with Gasteiger partial charge in [0, 0.05) is 12.0 Å². The van der Waals surface area contributed by atoms with Crippen LogP contribution in [0.3, 0.4) is 0 Å². The first kappa shape index (κ1) is 12.9. The molecular weight excluding hydrogens is 204 g/mol. The molecule has 0 radical (unpaired) electrons. The summed E-state index contributed by atoms with van der Waals surface area (Å²) in [6.45, 7) is 6.52. The second-order valence-corrected chi connectivity index (χ2v) is 3.88. The van der Waals surface area contributed by atoms with E-state index in [0.29, 0.717) is 12.5 Å². The van der Waals surface area contributed by atoms with E-state index in [9.17, 15) is 5.11 Å². The van der Waals surface area contributed by atoms with Crippen LogP contribution >= 0.6 is 0 Å². The lowest BCUT2D eigenvalue weighted by Crippen LogP contribution is -2.15. The number of ether oxygens (including phenoxy) is 1. The fourth-order valence-corrected chi connectivity index (χ4v) is 1.64. The molecule has 2 atom stereocenters. The first-order valence-corrected chi connectivity index (χ1v) is 5.81. The van der Waals surface area contributed by atoms with Gasteiger partial charge in [0.25, 0.3) is 0 Å². The van der Waals surface area contributed by atoms with Gasteiger partial charge >= 0.3 is 0 Å². The van der Waals surface area contributed by atoms with Gasteiger partial charge in [-0.3, -0.25) is 0 Å². The first-order chi connectivity index (χ1) is 7.69. The second-order valence-electron chi connectivity index (χ2n) is 3.88. The van der Waals surface area contributed by atoms with Crippen LogP contribution in [0.15, 0.2) is 12.4 Å². The maximum atomic E-state index is 9.63. The molecule has 0 saturated heterocycles. The molecule has 0 aromatic carbocycles. The van der Waals surface area contributed by atoms with Crippen LogP contribution in [-0.2, 0) is 0 Å². The van der Waals surface area contributed by atoms with Gasteiger partial charge in [-0.2, -0.15) is 0 Å². The zero-order valence-electron chi connectivity index (χ0n) is 10.2. The number of hydrogen-bond donors (Lipinski definition) is 1. The Bertz CT molecular complexity index is 316. The minimum Gasteiger partial charge on any atom is -0.478 e. The number of nitrogens with zero attached hydrogens (tertiary/aromatic N) is 2. The predicted octanol–water partition coefficient (Wildman–Crippen LogP) is 2.14. The number of rotatable bonds is 6. The summed E-state index contributed by atoms with van der Waals surface area (Å²) in [7, 11) is 0. The number of aliphatic hydroxyl groups excluding tert-OH is 1. The molecule has 0 saturated carbocycles. The van der Waals surface area contributed by atoms with Crippen LogP contribution in [-0.4, -0.2) is 27.8 Å². The van der Waals surface area contributed by atoms with E-state index in [2.05, 4.69) is 9.97 Å². The maximum Gasteiger partial charge on any atom is 0.216 e. The molecule has 4 heteroatoms. The van der Waals surface area contributed by atoms with Crippen molar-refractivity contribution in [2.45, 2.75) is 45.6 Å². The summed E-state index contributed by atoms with van der Waals surface area (Å²) >= 11 is 0. The van der Waals surface area contributed by atoms with E-state index in [0.717, 1.165) is 18.5 Å². The molecule has 1 N–H and O–H groups in total. The quantitative estimate of drug-likeness (QED) is 0.804. The molecule has 0 bridgehead atoms.